The Morgan fingerprint density at radius 3 is 2.45 bits per heavy atom. The van der Waals surface area contributed by atoms with E-state index in [2.05, 4.69) is 26.1 Å². The average Bonchev–Trinajstić information content (AvgIpc) is 3.11. The first kappa shape index (κ1) is 24.9. The second kappa shape index (κ2) is 9.12. The van der Waals surface area contributed by atoms with Gasteiger partial charge in [-0.25, -0.2) is 0 Å². The van der Waals surface area contributed by atoms with Gasteiger partial charge in [0.1, 0.15) is 6.54 Å². The second-order valence-electron chi connectivity index (χ2n) is 12.2. The van der Waals surface area contributed by atoms with Crippen molar-refractivity contribution in [3.05, 3.63) is 0 Å². The van der Waals surface area contributed by atoms with Crippen LogP contribution in [0, 0.1) is 46.3 Å². The summed E-state index contributed by atoms with van der Waals surface area (Å²) in [5.74, 6) is 0.265. The van der Waals surface area contributed by atoms with E-state index in [4.69, 9.17) is 5.11 Å². The van der Waals surface area contributed by atoms with Crippen LogP contribution in [0.25, 0.3) is 0 Å². The summed E-state index contributed by atoms with van der Waals surface area (Å²) in [6.07, 6.45) is 5.86. The second-order valence-corrected chi connectivity index (χ2v) is 12.2. The van der Waals surface area contributed by atoms with Crippen LogP contribution in [0.4, 0.5) is 0 Å². The fraction of sp³-hybridized carbons (Fsp3) is 0.923. The molecule has 7 heteroatoms. The number of fused-ring (bicyclic) bond motifs is 5. The van der Waals surface area contributed by atoms with Gasteiger partial charge in [-0.1, -0.05) is 20.8 Å². The topological polar surface area (TPSA) is 127 Å². The molecule has 0 saturated heterocycles. The minimum Gasteiger partial charge on any atom is -0.480 e. The van der Waals surface area contributed by atoms with Gasteiger partial charge in [0.2, 0.25) is 5.91 Å². The van der Waals surface area contributed by atoms with Crippen molar-refractivity contribution in [3.8, 4) is 0 Å². The fourth-order valence-electron chi connectivity index (χ4n) is 8.95. The van der Waals surface area contributed by atoms with E-state index in [9.17, 15) is 24.9 Å². The lowest BCUT2D eigenvalue weighted by atomic mass is 9.43. The van der Waals surface area contributed by atoms with E-state index in [1.165, 1.54) is 0 Å². The molecule has 5 N–H and O–H groups in total. The maximum Gasteiger partial charge on any atom is 0.322 e. The number of aliphatic carboxylic acids is 1. The molecule has 0 aromatic rings. The molecule has 4 aliphatic carbocycles. The first-order valence-electron chi connectivity index (χ1n) is 13.0. The Hall–Kier alpha value is -1.18. The van der Waals surface area contributed by atoms with Gasteiger partial charge in [-0.05, 0) is 97.7 Å². The summed E-state index contributed by atoms with van der Waals surface area (Å²) in [7, 11) is 0. The number of carbonyl (C=O) groups excluding carboxylic acids is 1. The number of amides is 1. The maximum absolute atomic E-state index is 12.0. The molecule has 4 aliphatic rings. The molecule has 0 heterocycles. The third-order valence-electron chi connectivity index (χ3n) is 10.8. The number of hydrogen-bond donors (Lipinski definition) is 5. The van der Waals surface area contributed by atoms with Crippen LogP contribution in [-0.2, 0) is 9.59 Å². The molecule has 0 spiro atoms. The van der Waals surface area contributed by atoms with Crippen molar-refractivity contribution < 1.29 is 30.0 Å². The van der Waals surface area contributed by atoms with Crippen molar-refractivity contribution in [2.45, 2.75) is 96.9 Å². The van der Waals surface area contributed by atoms with Crippen LogP contribution in [0.3, 0.4) is 0 Å². The van der Waals surface area contributed by atoms with Crippen molar-refractivity contribution >= 4 is 11.9 Å². The summed E-state index contributed by atoms with van der Waals surface area (Å²) in [4.78, 5) is 22.7. The number of aliphatic hydroxyl groups is 3. The smallest absolute Gasteiger partial charge is 0.322 e. The summed E-state index contributed by atoms with van der Waals surface area (Å²) in [5.41, 5.74) is -0.214. The van der Waals surface area contributed by atoms with Gasteiger partial charge in [0.15, 0.2) is 0 Å². The minimum absolute atomic E-state index is 0.0668. The van der Waals surface area contributed by atoms with Gasteiger partial charge in [-0.3, -0.25) is 9.59 Å². The molecule has 0 aliphatic heterocycles. The Morgan fingerprint density at radius 1 is 1.03 bits per heavy atom. The number of hydrogen-bond acceptors (Lipinski definition) is 5. The van der Waals surface area contributed by atoms with Crippen molar-refractivity contribution in [3.63, 3.8) is 0 Å². The average molecular weight is 466 g/mol. The zero-order valence-electron chi connectivity index (χ0n) is 20.4. The standard InChI is InChI=1S/C26H43NO6/c1-14(4-7-22(31)27-13-23(32)33)17-5-6-18-24-19(12-21(30)26(17,18)3)25(2)9-8-16(28)10-15(25)11-20(24)29/h14-21,24,28-30H,4-13H2,1-3H3,(H,27,31)(H,32,33)/t14-,15?,16+,17-,18?,19?,20-,21+,24?,25+,26-/m1/s1. The molecule has 33 heavy (non-hydrogen) atoms. The predicted molar refractivity (Wildman–Crippen MR) is 123 cm³/mol. The number of rotatable bonds is 6. The Kier molecular flexibility index (Phi) is 6.89. The van der Waals surface area contributed by atoms with Crippen LogP contribution in [0.15, 0.2) is 0 Å². The lowest BCUT2D eigenvalue weighted by molar-refractivity contribution is -0.207. The monoisotopic (exact) mass is 465 g/mol. The summed E-state index contributed by atoms with van der Waals surface area (Å²) in [5, 5.41) is 44.4. The molecule has 4 fully saturated rings. The molecule has 0 aromatic heterocycles. The highest BCUT2D eigenvalue weighted by Gasteiger charge is 2.65. The quantitative estimate of drug-likeness (QED) is 0.410. The van der Waals surface area contributed by atoms with E-state index < -0.39 is 12.1 Å². The van der Waals surface area contributed by atoms with Crippen LogP contribution in [-0.4, -0.2) is 57.2 Å². The molecule has 11 atom stereocenters. The molecule has 188 valence electrons. The molecule has 0 radical (unpaired) electrons. The van der Waals surface area contributed by atoms with Gasteiger partial charge >= 0.3 is 5.97 Å². The van der Waals surface area contributed by atoms with Crippen molar-refractivity contribution in [2.75, 3.05) is 6.54 Å². The minimum atomic E-state index is -1.04. The van der Waals surface area contributed by atoms with E-state index in [1.54, 1.807) is 0 Å². The van der Waals surface area contributed by atoms with Crippen LogP contribution >= 0.6 is 0 Å². The number of aliphatic hydroxyl groups excluding tert-OH is 3. The van der Waals surface area contributed by atoms with E-state index in [0.29, 0.717) is 25.2 Å². The number of carbonyl (C=O) groups is 2. The SMILES string of the molecule is C[C@H](CCC(=O)NCC(=O)O)[C@H]1CCC2C3C(C[C@H](O)[C@@]21C)[C@@]1(C)CC[C@H](O)CC1C[C@H]3O. The highest BCUT2D eigenvalue weighted by atomic mass is 16.4. The van der Waals surface area contributed by atoms with E-state index in [-0.39, 0.29) is 65.1 Å². The van der Waals surface area contributed by atoms with Gasteiger partial charge in [0, 0.05) is 6.42 Å². The van der Waals surface area contributed by atoms with Crippen LogP contribution in [0.1, 0.15) is 78.6 Å². The zero-order chi connectivity index (χ0) is 24.1. The molecular weight excluding hydrogens is 422 g/mol. The molecule has 4 unspecified atom stereocenters. The van der Waals surface area contributed by atoms with Crippen LogP contribution in [0.2, 0.25) is 0 Å². The molecule has 4 rings (SSSR count). The van der Waals surface area contributed by atoms with Crippen LogP contribution < -0.4 is 5.32 Å². The van der Waals surface area contributed by atoms with Crippen molar-refractivity contribution in [1.82, 2.24) is 5.32 Å². The predicted octanol–water partition coefficient (Wildman–Crippen LogP) is 2.56. The number of nitrogens with one attached hydrogen (secondary N) is 1. The summed E-state index contributed by atoms with van der Waals surface area (Å²) < 4.78 is 0. The van der Waals surface area contributed by atoms with Crippen molar-refractivity contribution in [2.24, 2.45) is 46.3 Å². The lowest BCUT2D eigenvalue weighted by Crippen LogP contribution is -2.62. The molecule has 1 amide bonds. The zero-order valence-corrected chi connectivity index (χ0v) is 20.4. The summed E-state index contributed by atoms with van der Waals surface area (Å²) in [6, 6.07) is 0. The third-order valence-corrected chi connectivity index (χ3v) is 10.8. The van der Waals surface area contributed by atoms with E-state index >= 15 is 0 Å². The van der Waals surface area contributed by atoms with Gasteiger partial charge < -0.3 is 25.7 Å². The largest absolute Gasteiger partial charge is 0.480 e. The molecule has 0 bridgehead atoms. The highest BCUT2D eigenvalue weighted by molar-refractivity contribution is 5.81. The maximum atomic E-state index is 12.0. The third kappa shape index (κ3) is 4.23. The number of carboxylic acid groups (broad SMARTS) is 1. The van der Waals surface area contributed by atoms with Gasteiger partial charge in [-0.2, -0.15) is 0 Å². The summed E-state index contributed by atoms with van der Waals surface area (Å²) >= 11 is 0. The fourth-order valence-corrected chi connectivity index (χ4v) is 8.95. The Bertz CT molecular complexity index is 759. The molecular formula is C26H43NO6. The van der Waals surface area contributed by atoms with Crippen molar-refractivity contribution in [1.29, 1.82) is 0 Å². The molecule has 0 aromatic carbocycles. The highest BCUT2D eigenvalue weighted by Crippen LogP contribution is 2.68. The van der Waals surface area contributed by atoms with Gasteiger partial charge in [0.25, 0.3) is 0 Å². The normalized spacial score (nSPS) is 47.7. The summed E-state index contributed by atoms with van der Waals surface area (Å²) in [6.45, 7) is 6.35. The van der Waals surface area contributed by atoms with Gasteiger partial charge in [0.05, 0.1) is 18.3 Å². The number of carboxylic acids is 1. The molecule has 7 nitrogen and oxygen atoms in total. The van der Waals surface area contributed by atoms with E-state index in [1.807, 2.05) is 0 Å². The Morgan fingerprint density at radius 2 is 1.76 bits per heavy atom. The lowest BCUT2D eigenvalue weighted by Gasteiger charge is -2.63. The Balaban J connectivity index is 1.49. The van der Waals surface area contributed by atoms with Crippen LogP contribution in [0.5, 0.6) is 0 Å². The molecule has 4 saturated carbocycles. The van der Waals surface area contributed by atoms with E-state index in [0.717, 1.165) is 38.5 Å². The first-order valence-corrected chi connectivity index (χ1v) is 13.0. The first-order chi connectivity index (χ1) is 15.5. The Labute approximate surface area is 197 Å². The van der Waals surface area contributed by atoms with Gasteiger partial charge in [-0.15, -0.1) is 0 Å².